The van der Waals surface area contributed by atoms with Gasteiger partial charge in [0.05, 0.1) is 11.1 Å². The fraction of sp³-hybridized carbons (Fsp3) is 0.158. The van der Waals surface area contributed by atoms with Crippen LogP contribution in [0.5, 0.6) is 5.75 Å². The zero-order valence-electron chi connectivity index (χ0n) is 13.2. The molecule has 4 nitrogen and oxygen atoms in total. The fourth-order valence-electron chi connectivity index (χ4n) is 2.38. The normalized spacial score (nSPS) is 10.6. The maximum Gasteiger partial charge on any atom is 0.339 e. The van der Waals surface area contributed by atoms with Gasteiger partial charge in [-0.2, -0.15) is 0 Å². The number of ether oxygens (including phenoxy) is 2. The van der Waals surface area contributed by atoms with Crippen LogP contribution >= 0.6 is 11.6 Å². The summed E-state index contributed by atoms with van der Waals surface area (Å²) in [5.74, 6) is 0.303. The van der Waals surface area contributed by atoms with Gasteiger partial charge in [-0.1, -0.05) is 29.8 Å². The van der Waals surface area contributed by atoms with Crippen LogP contribution in [0.25, 0.3) is 10.9 Å². The Balaban J connectivity index is 1.62. The van der Waals surface area contributed by atoms with Crippen molar-refractivity contribution in [2.75, 3.05) is 13.2 Å². The molecule has 0 saturated heterocycles. The van der Waals surface area contributed by atoms with E-state index in [1.807, 2.05) is 31.2 Å². The third-order valence-electron chi connectivity index (χ3n) is 3.46. The SMILES string of the molecule is Cc1cc(C(=O)OCCOc2ccc(Cl)cc2)c2ccccc2n1. The molecule has 0 unspecified atom stereocenters. The second kappa shape index (κ2) is 7.32. The molecule has 0 saturated carbocycles. The number of hydrogen-bond donors (Lipinski definition) is 0. The Kier molecular flexibility index (Phi) is 4.96. The number of fused-ring (bicyclic) bond motifs is 1. The number of aryl methyl sites for hydroxylation is 1. The van der Waals surface area contributed by atoms with Gasteiger partial charge in [0.15, 0.2) is 0 Å². The van der Waals surface area contributed by atoms with Crippen LogP contribution in [0.1, 0.15) is 16.1 Å². The number of halogens is 1. The molecule has 1 aromatic heterocycles. The van der Waals surface area contributed by atoms with Gasteiger partial charge in [-0.3, -0.25) is 4.98 Å². The molecule has 5 heteroatoms. The van der Waals surface area contributed by atoms with Crippen LogP contribution in [0, 0.1) is 6.92 Å². The molecule has 0 aliphatic heterocycles. The largest absolute Gasteiger partial charge is 0.490 e. The molecule has 0 amide bonds. The van der Waals surface area contributed by atoms with Crippen LogP contribution < -0.4 is 4.74 Å². The molecule has 122 valence electrons. The number of esters is 1. The Morgan fingerprint density at radius 2 is 1.83 bits per heavy atom. The monoisotopic (exact) mass is 341 g/mol. The van der Waals surface area contributed by atoms with E-state index >= 15 is 0 Å². The molecule has 24 heavy (non-hydrogen) atoms. The number of carbonyl (C=O) groups is 1. The van der Waals surface area contributed by atoms with Crippen molar-refractivity contribution >= 4 is 28.5 Å². The van der Waals surface area contributed by atoms with Crippen LogP contribution in [0.3, 0.4) is 0 Å². The summed E-state index contributed by atoms with van der Waals surface area (Å²) in [5, 5.41) is 1.43. The molecule has 0 aliphatic rings. The van der Waals surface area contributed by atoms with E-state index in [9.17, 15) is 4.79 Å². The number of hydrogen-bond acceptors (Lipinski definition) is 4. The first-order valence-electron chi connectivity index (χ1n) is 7.55. The van der Waals surface area contributed by atoms with Crippen LogP contribution in [-0.2, 0) is 4.74 Å². The number of rotatable bonds is 5. The van der Waals surface area contributed by atoms with Gasteiger partial charge in [0, 0.05) is 16.1 Å². The molecular weight excluding hydrogens is 326 g/mol. The van der Waals surface area contributed by atoms with Gasteiger partial charge in [-0.05, 0) is 43.3 Å². The van der Waals surface area contributed by atoms with Gasteiger partial charge >= 0.3 is 5.97 Å². The molecule has 0 aliphatic carbocycles. The van der Waals surface area contributed by atoms with Crippen LogP contribution in [0.2, 0.25) is 5.02 Å². The van der Waals surface area contributed by atoms with Crippen molar-refractivity contribution in [2.24, 2.45) is 0 Å². The van der Waals surface area contributed by atoms with Crippen molar-refractivity contribution in [3.63, 3.8) is 0 Å². The summed E-state index contributed by atoms with van der Waals surface area (Å²) < 4.78 is 10.8. The zero-order chi connectivity index (χ0) is 16.9. The van der Waals surface area contributed by atoms with Crippen LogP contribution in [0.4, 0.5) is 0 Å². The first-order chi connectivity index (χ1) is 11.6. The van der Waals surface area contributed by atoms with Gasteiger partial charge in [0.25, 0.3) is 0 Å². The fourth-order valence-corrected chi connectivity index (χ4v) is 2.51. The minimum atomic E-state index is -0.378. The van der Waals surface area contributed by atoms with E-state index in [0.29, 0.717) is 16.3 Å². The van der Waals surface area contributed by atoms with Crippen molar-refractivity contribution in [1.29, 1.82) is 0 Å². The summed E-state index contributed by atoms with van der Waals surface area (Å²) in [6.45, 7) is 2.29. The first-order valence-corrected chi connectivity index (χ1v) is 7.93. The van der Waals surface area contributed by atoms with Crippen LogP contribution in [-0.4, -0.2) is 24.2 Å². The highest BCUT2D eigenvalue weighted by atomic mass is 35.5. The molecular formula is C19H16ClNO3. The minimum absolute atomic E-state index is 0.164. The quantitative estimate of drug-likeness (QED) is 0.508. The zero-order valence-corrected chi connectivity index (χ0v) is 13.9. The summed E-state index contributed by atoms with van der Waals surface area (Å²) in [5.41, 5.74) is 2.07. The summed E-state index contributed by atoms with van der Waals surface area (Å²) >= 11 is 5.81. The lowest BCUT2D eigenvalue weighted by atomic mass is 10.1. The maximum atomic E-state index is 12.3. The second-order valence-corrected chi connectivity index (χ2v) is 5.70. The van der Waals surface area contributed by atoms with E-state index in [2.05, 4.69) is 4.98 Å². The van der Waals surface area contributed by atoms with Crippen LogP contribution in [0.15, 0.2) is 54.6 Å². The van der Waals surface area contributed by atoms with Crippen molar-refractivity contribution in [3.05, 3.63) is 70.9 Å². The second-order valence-electron chi connectivity index (χ2n) is 5.27. The average molecular weight is 342 g/mol. The van der Waals surface area contributed by atoms with E-state index < -0.39 is 0 Å². The topological polar surface area (TPSA) is 48.4 Å². The number of benzene rings is 2. The first kappa shape index (κ1) is 16.3. The third kappa shape index (κ3) is 3.84. The highest BCUT2D eigenvalue weighted by Crippen LogP contribution is 2.19. The van der Waals surface area contributed by atoms with E-state index in [1.165, 1.54) is 0 Å². The Bertz CT molecular complexity index is 862. The van der Waals surface area contributed by atoms with E-state index in [0.717, 1.165) is 16.6 Å². The molecule has 0 N–H and O–H groups in total. The van der Waals surface area contributed by atoms with E-state index in [1.54, 1.807) is 30.3 Å². The Hall–Kier alpha value is -2.59. The smallest absolute Gasteiger partial charge is 0.339 e. The molecule has 0 bridgehead atoms. The highest BCUT2D eigenvalue weighted by Gasteiger charge is 2.13. The number of pyridine rings is 1. The maximum absolute atomic E-state index is 12.3. The predicted molar refractivity (Wildman–Crippen MR) is 93.7 cm³/mol. The minimum Gasteiger partial charge on any atom is -0.490 e. The standard InChI is InChI=1S/C19H16ClNO3/c1-13-12-17(16-4-2-3-5-18(16)21-13)19(22)24-11-10-23-15-8-6-14(20)7-9-15/h2-9,12H,10-11H2,1H3. The molecule has 0 radical (unpaired) electrons. The number of aromatic nitrogens is 1. The molecule has 2 aromatic carbocycles. The van der Waals surface area contributed by atoms with Crippen molar-refractivity contribution in [2.45, 2.75) is 6.92 Å². The van der Waals surface area contributed by atoms with Gasteiger partial charge in [0.1, 0.15) is 19.0 Å². The molecule has 0 fully saturated rings. The highest BCUT2D eigenvalue weighted by molar-refractivity contribution is 6.30. The molecule has 3 aromatic rings. The Morgan fingerprint density at radius 3 is 2.62 bits per heavy atom. The molecule has 1 heterocycles. The Labute approximate surface area is 145 Å². The van der Waals surface area contributed by atoms with Crippen molar-refractivity contribution in [1.82, 2.24) is 4.98 Å². The number of carbonyl (C=O) groups excluding carboxylic acids is 1. The van der Waals surface area contributed by atoms with Crippen molar-refractivity contribution < 1.29 is 14.3 Å². The average Bonchev–Trinajstić information content (AvgIpc) is 2.59. The summed E-state index contributed by atoms with van der Waals surface area (Å²) in [6.07, 6.45) is 0. The molecule has 3 rings (SSSR count). The Morgan fingerprint density at radius 1 is 1.08 bits per heavy atom. The third-order valence-corrected chi connectivity index (χ3v) is 3.71. The van der Waals surface area contributed by atoms with Gasteiger partial charge in [0.2, 0.25) is 0 Å². The lowest BCUT2D eigenvalue weighted by molar-refractivity contribution is 0.0452. The molecule has 0 spiro atoms. The summed E-state index contributed by atoms with van der Waals surface area (Å²) in [6, 6.07) is 16.3. The van der Waals surface area contributed by atoms with Crippen molar-refractivity contribution in [3.8, 4) is 5.75 Å². The molecule has 0 atom stereocenters. The predicted octanol–water partition coefficient (Wildman–Crippen LogP) is 4.43. The van der Waals surface area contributed by atoms with Gasteiger partial charge < -0.3 is 9.47 Å². The lowest BCUT2D eigenvalue weighted by Gasteiger charge is -2.09. The number of nitrogens with zero attached hydrogens (tertiary/aromatic N) is 1. The van der Waals surface area contributed by atoms with Gasteiger partial charge in [-0.25, -0.2) is 4.79 Å². The number of para-hydroxylation sites is 1. The van der Waals surface area contributed by atoms with E-state index in [4.69, 9.17) is 21.1 Å². The lowest BCUT2D eigenvalue weighted by Crippen LogP contribution is -2.13. The summed E-state index contributed by atoms with van der Waals surface area (Å²) in [4.78, 5) is 16.8. The summed E-state index contributed by atoms with van der Waals surface area (Å²) in [7, 11) is 0. The van der Waals surface area contributed by atoms with E-state index in [-0.39, 0.29) is 19.2 Å². The van der Waals surface area contributed by atoms with Gasteiger partial charge in [-0.15, -0.1) is 0 Å².